The molecule has 1 fully saturated rings. The minimum atomic E-state index is -0.499. The first-order valence-corrected chi connectivity index (χ1v) is 13.6. The lowest BCUT2D eigenvalue weighted by Crippen LogP contribution is -2.40. The Bertz CT molecular complexity index is 1500. The van der Waals surface area contributed by atoms with Crippen molar-refractivity contribution in [2.75, 3.05) is 12.4 Å². The van der Waals surface area contributed by atoms with E-state index in [-0.39, 0.29) is 12.1 Å². The van der Waals surface area contributed by atoms with E-state index in [0.717, 1.165) is 63.7 Å². The number of hydrogen-bond donors (Lipinski definition) is 2. The topological polar surface area (TPSA) is 118 Å². The Morgan fingerprint density at radius 1 is 1.16 bits per heavy atom. The summed E-state index contributed by atoms with van der Waals surface area (Å²) in [6.45, 7) is 5.61. The SMILES string of the molecule is CNc1cc(-n2ccc3cc(C#N)ccc32)ncc1-c1nnc(C2CCC(NC(=O)OC(C)(C)C)CC2)s1. The summed E-state index contributed by atoms with van der Waals surface area (Å²) in [7, 11) is 1.89. The normalized spacial score (nSPS) is 17.7. The van der Waals surface area contributed by atoms with Gasteiger partial charge in [0, 0.05) is 48.5 Å². The summed E-state index contributed by atoms with van der Waals surface area (Å²) in [6.07, 6.45) is 7.11. The summed E-state index contributed by atoms with van der Waals surface area (Å²) in [6, 6.07) is 11.9. The molecule has 38 heavy (non-hydrogen) atoms. The van der Waals surface area contributed by atoms with E-state index in [2.05, 4.69) is 26.9 Å². The highest BCUT2D eigenvalue weighted by Crippen LogP contribution is 2.38. The molecule has 196 valence electrons. The molecular weight excluding hydrogens is 498 g/mol. The molecule has 0 spiro atoms. The largest absolute Gasteiger partial charge is 0.444 e. The molecule has 0 radical (unpaired) electrons. The summed E-state index contributed by atoms with van der Waals surface area (Å²) in [4.78, 5) is 16.8. The highest BCUT2D eigenvalue weighted by molar-refractivity contribution is 7.14. The Balaban J connectivity index is 1.29. The molecule has 1 aliphatic rings. The number of amides is 1. The second kappa shape index (κ2) is 10.4. The maximum Gasteiger partial charge on any atom is 0.407 e. The number of benzene rings is 1. The molecule has 1 aromatic carbocycles. The van der Waals surface area contributed by atoms with Crippen LogP contribution in [0.25, 0.3) is 27.3 Å². The molecule has 0 atom stereocenters. The van der Waals surface area contributed by atoms with Crippen LogP contribution in [0.2, 0.25) is 0 Å². The van der Waals surface area contributed by atoms with Crippen molar-refractivity contribution in [3.63, 3.8) is 0 Å². The first kappa shape index (κ1) is 25.7. The molecule has 2 N–H and O–H groups in total. The van der Waals surface area contributed by atoms with Gasteiger partial charge in [0.25, 0.3) is 0 Å². The second-order valence-electron chi connectivity index (χ2n) is 10.5. The van der Waals surface area contributed by atoms with Crippen molar-refractivity contribution in [1.29, 1.82) is 5.26 Å². The third kappa shape index (κ3) is 5.48. The van der Waals surface area contributed by atoms with E-state index in [1.807, 2.05) is 75.1 Å². The van der Waals surface area contributed by atoms with Crippen molar-refractivity contribution in [2.45, 2.75) is 64.0 Å². The Labute approximate surface area is 225 Å². The van der Waals surface area contributed by atoms with Crippen molar-refractivity contribution in [3.8, 4) is 22.5 Å². The van der Waals surface area contributed by atoms with Crippen LogP contribution in [0.15, 0.2) is 42.7 Å². The fourth-order valence-electron chi connectivity index (χ4n) is 4.83. The first-order chi connectivity index (χ1) is 18.2. The van der Waals surface area contributed by atoms with Crippen LogP contribution >= 0.6 is 11.3 Å². The van der Waals surface area contributed by atoms with Gasteiger partial charge in [-0.3, -0.25) is 0 Å². The minimum absolute atomic E-state index is 0.123. The maximum atomic E-state index is 12.1. The number of aromatic nitrogens is 4. The number of nitrogens with one attached hydrogen (secondary N) is 2. The number of hydrogen-bond acceptors (Lipinski definition) is 8. The van der Waals surface area contributed by atoms with Gasteiger partial charge in [-0.25, -0.2) is 9.78 Å². The lowest BCUT2D eigenvalue weighted by Gasteiger charge is -2.29. The van der Waals surface area contributed by atoms with Crippen molar-refractivity contribution in [3.05, 3.63) is 53.3 Å². The van der Waals surface area contributed by atoms with Gasteiger partial charge < -0.3 is 19.9 Å². The summed E-state index contributed by atoms with van der Waals surface area (Å²) in [5.74, 6) is 1.10. The third-order valence-corrected chi connectivity index (χ3v) is 7.81. The van der Waals surface area contributed by atoms with Crippen LogP contribution in [-0.2, 0) is 4.74 Å². The van der Waals surface area contributed by atoms with Gasteiger partial charge in [-0.15, -0.1) is 10.2 Å². The van der Waals surface area contributed by atoms with Crippen LogP contribution < -0.4 is 10.6 Å². The average molecular weight is 530 g/mol. The van der Waals surface area contributed by atoms with Gasteiger partial charge in [-0.05, 0) is 70.7 Å². The summed E-state index contributed by atoms with van der Waals surface area (Å²) < 4.78 is 7.40. The van der Waals surface area contributed by atoms with Gasteiger partial charge in [0.2, 0.25) is 0 Å². The number of ether oxygens (including phenoxy) is 1. The fraction of sp³-hybridized carbons (Fsp3) is 0.393. The van der Waals surface area contributed by atoms with E-state index in [9.17, 15) is 10.1 Å². The third-order valence-electron chi connectivity index (χ3n) is 6.69. The molecule has 0 bridgehead atoms. The Hall–Kier alpha value is -3.97. The van der Waals surface area contributed by atoms with Gasteiger partial charge in [-0.1, -0.05) is 11.3 Å². The Kier molecular flexibility index (Phi) is 7.04. The average Bonchev–Trinajstić information content (AvgIpc) is 3.55. The summed E-state index contributed by atoms with van der Waals surface area (Å²) in [5, 5.41) is 27.3. The predicted octanol–water partition coefficient (Wildman–Crippen LogP) is 6.01. The van der Waals surface area contributed by atoms with Crippen LogP contribution in [-0.4, -0.2) is 44.5 Å². The van der Waals surface area contributed by atoms with Gasteiger partial charge in [0.1, 0.15) is 16.4 Å². The van der Waals surface area contributed by atoms with E-state index >= 15 is 0 Å². The molecule has 9 nitrogen and oxygen atoms in total. The van der Waals surface area contributed by atoms with Crippen LogP contribution in [0.3, 0.4) is 0 Å². The van der Waals surface area contributed by atoms with Crippen molar-refractivity contribution in [1.82, 2.24) is 25.1 Å². The van der Waals surface area contributed by atoms with Crippen LogP contribution in [0.4, 0.5) is 10.5 Å². The number of carbonyl (C=O) groups excluding carboxylic acids is 1. The fourth-order valence-corrected chi connectivity index (χ4v) is 5.87. The maximum absolute atomic E-state index is 12.1. The number of rotatable bonds is 5. The molecule has 0 saturated heterocycles. The number of fused-ring (bicyclic) bond motifs is 1. The molecule has 10 heteroatoms. The lowest BCUT2D eigenvalue weighted by molar-refractivity contribution is 0.0491. The van der Waals surface area contributed by atoms with Crippen LogP contribution in [0, 0.1) is 11.3 Å². The number of nitriles is 1. The van der Waals surface area contributed by atoms with E-state index in [0.29, 0.717) is 11.5 Å². The van der Waals surface area contributed by atoms with Crippen molar-refractivity contribution >= 4 is 34.0 Å². The number of carbonyl (C=O) groups is 1. The number of pyridine rings is 1. The van der Waals surface area contributed by atoms with E-state index in [1.54, 1.807) is 11.3 Å². The molecule has 4 aromatic rings. The van der Waals surface area contributed by atoms with Gasteiger partial charge >= 0.3 is 6.09 Å². The molecule has 3 heterocycles. The van der Waals surface area contributed by atoms with E-state index in [4.69, 9.17) is 9.72 Å². The molecule has 3 aromatic heterocycles. The number of alkyl carbamates (subject to hydrolysis) is 1. The van der Waals surface area contributed by atoms with Gasteiger partial charge in [0.05, 0.1) is 22.7 Å². The van der Waals surface area contributed by atoms with Gasteiger partial charge in [0.15, 0.2) is 5.01 Å². The zero-order chi connectivity index (χ0) is 26.9. The molecule has 1 amide bonds. The first-order valence-electron chi connectivity index (χ1n) is 12.8. The molecule has 1 aliphatic carbocycles. The number of nitrogens with zero attached hydrogens (tertiary/aromatic N) is 5. The highest BCUT2D eigenvalue weighted by Gasteiger charge is 2.28. The van der Waals surface area contributed by atoms with Crippen LogP contribution in [0.5, 0.6) is 0 Å². The molecule has 0 aliphatic heterocycles. The summed E-state index contributed by atoms with van der Waals surface area (Å²) in [5.41, 5.74) is 2.94. The molecule has 1 saturated carbocycles. The minimum Gasteiger partial charge on any atom is -0.444 e. The molecular formula is C28H31N7O2S. The highest BCUT2D eigenvalue weighted by atomic mass is 32.1. The van der Waals surface area contributed by atoms with E-state index < -0.39 is 5.60 Å². The lowest BCUT2D eigenvalue weighted by atomic mass is 9.86. The number of anilines is 1. The van der Waals surface area contributed by atoms with Crippen LogP contribution in [0.1, 0.15) is 62.9 Å². The van der Waals surface area contributed by atoms with Gasteiger partial charge in [-0.2, -0.15) is 5.26 Å². The Morgan fingerprint density at radius 2 is 1.95 bits per heavy atom. The Morgan fingerprint density at radius 3 is 2.66 bits per heavy atom. The summed E-state index contributed by atoms with van der Waals surface area (Å²) >= 11 is 1.60. The zero-order valence-corrected chi connectivity index (χ0v) is 22.8. The smallest absolute Gasteiger partial charge is 0.407 e. The second-order valence-corrected chi connectivity index (χ2v) is 11.6. The monoisotopic (exact) mass is 529 g/mol. The molecule has 5 rings (SSSR count). The zero-order valence-electron chi connectivity index (χ0n) is 22.0. The predicted molar refractivity (Wildman–Crippen MR) is 149 cm³/mol. The van der Waals surface area contributed by atoms with Crippen molar-refractivity contribution in [2.24, 2.45) is 0 Å². The molecule has 0 unspecified atom stereocenters. The quantitative estimate of drug-likeness (QED) is 0.325. The standard InChI is InChI=1S/C28H31N7O2S/c1-28(2,3)37-27(36)32-20-8-6-18(7-9-20)25-33-34-26(38-25)21-16-31-24(14-22(21)30-4)35-12-11-19-13-17(15-29)5-10-23(19)35/h5,10-14,16,18,20H,6-9H2,1-4H3,(H,30,31)(H,32,36). The van der Waals surface area contributed by atoms with E-state index in [1.165, 1.54) is 0 Å². The van der Waals surface area contributed by atoms with Crippen molar-refractivity contribution < 1.29 is 9.53 Å².